The van der Waals surface area contributed by atoms with Gasteiger partial charge in [0.05, 0.1) is 12.7 Å². The molecule has 24 heavy (non-hydrogen) atoms. The average molecular weight is 322 g/mol. The van der Waals surface area contributed by atoms with Crippen LogP contribution in [0.25, 0.3) is 10.9 Å². The van der Waals surface area contributed by atoms with E-state index in [-0.39, 0.29) is 12.5 Å². The number of aryl methyl sites for hydroxylation is 1. The Morgan fingerprint density at radius 2 is 1.83 bits per heavy atom. The topological polar surface area (TPSA) is 60.3 Å². The number of esters is 1. The van der Waals surface area contributed by atoms with Gasteiger partial charge in [-0.15, -0.1) is 0 Å². The van der Waals surface area contributed by atoms with E-state index >= 15 is 0 Å². The Morgan fingerprint density at radius 1 is 1.08 bits per heavy atom. The quantitative estimate of drug-likeness (QED) is 0.749. The molecule has 0 bridgehead atoms. The second-order valence-electron chi connectivity index (χ2n) is 5.62. The van der Waals surface area contributed by atoms with Crippen LogP contribution < -0.4 is 5.32 Å². The Kier molecular flexibility index (Phi) is 4.33. The first-order valence-corrected chi connectivity index (χ1v) is 7.60. The smallest absolute Gasteiger partial charge is 0.337 e. The summed E-state index contributed by atoms with van der Waals surface area (Å²) in [5.41, 5.74) is 3.30. The number of rotatable bonds is 4. The molecule has 3 rings (SSSR count). The molecule has 0 fully saturated rings. The van der Waals surface area contributed by atoms with Gasteiger partial charge in [0.25, 0.3) is 0 Å². The van der Waals surface area contributed by atoms with Gasteiger partial charge in [-0.05, 0) is 54.8 Å². The van der Waals surface area contributed by atoms with Gasteiger partial charge >= 0.3 is 5.97 Å². The number of carbonyl (C=O) groups is 2. The Bertz CT molecular complexity index is 895. The second-order valence-corrected chi connectivity index (χ2v) is 5.62. The number of anilines is 1. The van der Waals surface area contributed by atoms with Crippen molar-refractivity contribution in [2.45, 2.75) is 13.5 Å². The van der Waals surface area contributed by atoms with Crippen LogP contribution in [-0.2, 0) is 16.1 Å². The van der Waals surface area contributed by atoms with E-state index in [0.29, 0.717) is 11.3 Å². The average Bonchev–Trinajstić information content (AvgIpc) is 2.96. The molecule has 2 aromatic carbocycles. The fraction of sp³-hybridized carbons (Fsp3) is 0.158. The summed E-state index contributed by atoms with van der Waals surface area (Å²) in [6.45, 7) is 2.27. The molecule has 1 aromatic heterocycles. The van der Waals surface area contributed by atoms with Gasteiger partial charge in [-0.3, -0.25) is 4.79 Å². The molecule has 1 N–H and O–H groups in total. The maximum absolute atomic E-state index is 12.2. The van der Waals surface area contributed by atoms with Crippen LogP contribution in [0.2, 0.25) is 0 Å². The van der Waals surface area contributed by atoms with Crippen molar-refractivity contribution in [1.29, 1.82) is 0 Å². The van der Waals surface area contributed by atoms with E-state index in [1.807, 2.05) is 35.9 Å². The predicted octanol–water partition coefficient (Wildman–Crippen LogP) is 3.38. The Labute approximate surface area is 139 Å². The number of nitrogens with one attached hydrogen (secondary N) is 1. The highest BCUT2D eigenvalue weighted by Crippen LogP contribution is 2.17. The number of methoxy groups -OCH3 is 1. The van der Waals surface area contributed by atoms with E-state index < -0.39 is 5.97 Å². The van der Waals surface area contributed by atoms with Crippen molar-refractivity contribution >= 4 is 28.5 Å². The van der Waals surface area contributed by atoms with Gasteiger partial charge in [0.1, 0.15) is 6.54 Å². The number of hydrogen-bond donors (Lipinski definition) is 1. The molecule has 5 nitrogen and oxygen atoms in total. The third-order valence-electron chi connectivity index (χ3n) is 3.83. The summed E-state index contributed by atoms with van der Waals surface area (Å²) in [5.74, 6) is -0.527. The number of fused-ring (bicyclic) bond motifs is 1. The van der Waals surface area contributed by atoms with Gasteiger partial charge in [-0.25, -0.2) is 4.79 Å². The highest BCUT2D eigenvalue weighted by molar-refractivity contribution is 5.93. The minimum absolute atomic E-state index is 0.126. The van der Waals surface area contributed by atoms with Gasteiger partial charge in [0.15, 0.2) is 0 Å². The standard InChI is InChI=1S/C19H18N2O3/c1-13-3-8-17-15(11-13)9-10-21(17)12-18(22)20-16-6-4-14(5-7-16)19(23)24-2/h3-11H,12H2,1-2H3,(H,20,22). The van der Waals surface area contributed by atoms with Gasteiger partial charge in [0.2, 0.25) is 5.91 Å². The van der Waals surface area contributed by atoms with E-state index in [0.717, 1.165) is 10.9 Å². The molecule has 0 radical (unpaired) electrons. The zero-order valence-corrected chi connectivity index (χ0v) is 13.6. The van der Waals surface area contributed by atoms with Crippen molar-refractivity contribution in [2.24, 2.45) is 0 Å². The van der Waals surface area contributed by atoms with Crippen molar-refractivity contribution < 1.29 is 14.3 Å². The first kappa shape index (κ1) is 15.8. The molecule has 1 heterocycles. The Balaban J connectivity index is 1.69. The van der Waals surface area contributed by atoms with E-state index in [1.165, 1.54) is 12.7 Å². The number of nitrogens with zero attached hydrogens (tertiary/aromatic N) is 1. The maximum Gasteiger partial charge on any atom is 0.337 e. The molecule has 0 aliphatic carbocycles. The number of hydrogen-bond acceptors (Lipinski definition) is 3. The van der Waals surface area contributed by atoms with Crippen molar-refractivity contribution in [3.8, 4) is 0 Å². The molecule has 0 atom stereocenters. The summed E-state index contributed by atoms with van der Waals surface area (Å²) in [7, 11) is 1.33. The highest BCUT2D eigenvalue weighted by atomic mass is 16.5. The first-order valence-electron chi connectivity index (χ1n) is 7.60. The summed E-state index contributed by atoms with van der Waals surface area (Å²) in [6.07, 6.45) is 1.91. The molecule has 0 saturated heterocycles. The van der Waals surface area contributed by atoms with E-state index in [1.54, 1.807) is 24.3 Å². The predicted molar refractivity (Wildman–Crippen MR) is 93.1 cm³/mol. The zero-order valence-electron chi connectivity index (χ0n) is 13.6. The monoisotopic (exact) mass is 322 g/mol. The Hall–Kier alpha value is -3.08. The fourth-order valence-corrected chi connectivity index (χ4v) is 2.62. The lowest BCUT2D eigenvalue weighted by atomic mass is 10.2. The molecule has 3 aromatic rings. The van der Waals surface area contributed by atoms with Crippen LogP contribution in [0.3, 0.4) is 0 Å². The lowest BCUT2D eigenvalue weighted by molar-refractivity contribution is -0.116. The normalized spacial score (nSPS) is 10.6. The molecule has 122 valence electrons. The zero-order chi connectivity index (χ0) is 17.1. The van der Waals surface area contributed by atoms with Crippen LogP contribution >= 0.6 is 0 Å². The van der Waals surface area contributed by atoms with E-state index in [4.69, 9.17) is 0 Å². The van der Waals surface area contributed by atoms with Gasteiger partial charge < -0.3 is 14.6 Å². The lowest BCUT2D eigenvalue weighted by Crippen LogP contribution is -2.18. The molecule has 0 unspecified atom stereocenters. The molecule has 0 aliphatic heterocycles. The third kappa shape index (κ3) is 3.30. The number of amides is 1. The summed E-state index contributed by atoms with van der Waals surface area (Å²) in [5, 5.41) is 3.94. The van der Waals surface area contributed by atoms with Crippen LogP contribution in [0.1, 0.15) is 15.9 Å². The van der Waals surface area contributed by atoms with Crippen LogP contribution in [0.15, 0.2) is 54.7 Å². The highest BCUT2D eigenvalue weighted by Gasteiger charge is 2.08. The van der Waals surface area contributed by atoms with Crippen molar-refractivity contribution in [3.63, 3.8) is 0 Å². The molecular formula is C19H18N2O3. The summed E-state index contributed by atoms with van der Waals surface area (Å²) < 4.78 is 6.56. The molecule has 0 aliphatic rings. The van der Waals surface area contributed by atoms with Crippen LogP contribution in [0, 0.1) is 6.92 Å². The molecule has 0 spiro atoms. The summed E-state index contributed by atoms with van der Waals surface area (Å²) in [4.78, 5) is 23.6. The van der Waals surface area contributed by atoms with Crippen molar-refractivity contribution in [1.82, 2.24) is 4.57 Å². The lowest BCUT2D eigenvalue weighted by Gasteiger charge is -2.08. The van der Waals surface area contributed by atoms with Crippen LogP contribution in [0.4, 0.5) is 5.69 Å². The van der Waals surface area contributed by atoms with Gasteiger partial charge in [-0.2, -0.15) is 0 Å². The SMILES string of the molecule is COC(=O)c1ccc(NC(=O)Cn2ccc3cc(C)ccc32)cc1. The van der Waals surface area contributed by atoms with Gasteiger partial charge in [0, 0.05) is 17.4 Å². The minimum atomic E-state index is -0.401. The molecule has 5 heteroatoms. The van der Waals surface area contributed by atoms with Crippen LogP contribution in [-0.4, -0.2) is 23.6 Å². The maximum atomic E-state index is 12.2. The molecule has 1 amide bonds. The number of aromatic nitrogens is 1. The number of benzene rings is 2. The van der Waals surface area contributed by atoms with Crippen LogP contribution in [0.5, 0.6) is 0 Å². The summed E-state index contributed by atoms with van der Waals surface area (Å²) >= 11 is 0. The largest absolute Gasteiger partial charge is 0.465 e. The third-order valence-corrected chi connectivity index (χ3v) is 3.83. The number of ether oxygens (including phenoxy) is 1. The molecule has 0 saturated carbocycles. The first-order chi connectivity index (χ1) is 11.6. The van der Waals surface area contributed by atoms with Crippen molar-refractivity contribution in [3.05, 3.63) is 65.9 Å². The van der Waals surface area contributed by atoms with E-state index in [9.17, 15) is 9.59 Å². The Morgan fingerprint density at radius 3 is 2.54 bits per heavy atom. The molecular weight excluding hydrogens is 304 g/mol. The fourth-order valence-electron chi connectivity index (χ4n) is 2.62. The van der Waals surface area contributed by atoms with Gasteiger partial charge in [-0.1, -0.05) is 11.6 Å². The summed E-state index contributed by atoms with van der Waals surface area (Å²) in [6, 6.07) is 14.7. The minimum Gasteiger partial charge on any atom is -0.465 e. The van der Waals surface area contributed by atoms with Crippen molar-refractivity contribution in [2.75, 3.05) is 12.4 Å². The second kappa shape index (κ2) is 6.58. The van der Waals surface area contributed by atoms with E-state index in [2.05, 4.69) is 16.1 Å². The number of carbonyl (C=O) groups excluding carboxylic acids is 2.